The summed E-state index contributed by atoms with van der Waals surface area (Å²) in [6.07, 6.45) is 1.62. The molecule has 0 spiro atoms. The molecule has 0 atom stereocenters. The van der Waals surface area contributed by atoms with Gasteiger partial charge in [-0.25, -0.2) is 0 Å². The molecule has 0 N–H and O–H groups in total. The summed E-state index contributed by atoms with van der Waals surface area (Å²) in [5, 5.41) is 7.61. The monoisotopic (exact) mass is 200 g/mol. The average molecular weight is 200 g/mol. The Morgan fingerprint density at radius 3 is 2.40 bits per heavy atom. The molecule has 1 heterocycles. The summed E-state index contributed by atoms with van der Waals surface area (Å²) >= 11 is 0. The zero-order valence-electron chi connectivity index (χ0n) is 8.77. The van der Waals surface area contributed by atoms with Crippen molar-refractivity contribution in [1.29, 1.82) is 0 Å². The highest BCUT2D eigenvalue weighted by atomic mass is 16.5. The van der Waals surface area contributed by atoms with Gasteiger partial charge in [0.15, 0.2) is 0 Å². The van der Waals surface area contributed by atoms with Gasteiger partial charge < -0.3 is 4.74 Å². The van der Waals surface area contributed by atoms with Crippen molar-refractivity contribution >= 4 is 0 Å². The molecule has 0 amide bonds. The molecule has 1 aromatic heterocycles. The average Bonchev–Trinajstić information content (AvgIpc) is 2.17. The first kappa shape index (κ1) is 9.65. The van der Waals surface area contributed by atoms with Crippen molar-refractivity contribution in [2.45, 2.75) is 13.8 Å². The van der Waals surface area contributed by atoms with E-state index >= 15 is 0 Å². The third kappa shape index (κ3) is 2.53. The maximum atomic E-state index is 5.57. The largest absolute Gasteiger partial charge is 0.438 e. The van der Waals surface area contributed by atoms with Gasteiger partial charge in [-0.1, -0.05) is 6.07 Å². The number of aromatic nitrogens is 2. The molecule has 0 unspecified atom stereocenters. The first-order valence-electron chi connectivity index (χ1n) is 4.78. The number of nitrogens with zero attached hydrogens (tertiary/aromatic N) is 2. The van der Waals surface area contributed by atoms with Crippen LogP contribution in [0.2, 0.25) is 0 Å². The molecule has 0 saturated heterocycles. The van der Waals surface area contributed by atoms with Crippen molar-refractivity contribution in [2.75, 3.05) is 0 Å². The molecule has 0 fully saturated rings. The maximum absolute atomic E-state index is 5.57. The molecule has 2 rings (SSSR count). The predicted octanol–water partition coefficient (Wildman–Crippen LogP) is 2.89. The second-order valence-corrected chi connectivity index (χ2v) is 3.49. The Morgan fingerprint density at radius 2 is 1.80 bits per heavy atom. The van der Waals surface area contributed by atoms with E-state index in [2.05, 4.69) is 16.3 Å². The minimum atomic E-state index is 0.516. The van der Waals surface area contributed by atoms with Gasteiger partial charge in [-0.05, 0) is 43.2 Å². The molecule has 76 valence electrons. The Morgan fingerprint density at radius 1 is 1.07 bits per heavy atom. The number of ether oxygens (including phenoxy) is 1. The standard InChI is InChI=1S/C12H12N2O/c1-9-6-10(2)8-11(7-9)15-12-4-3-5-13-14-12/h3-8H,1-2H3. The highest BCUT2D eigenvalue weighted by Gasteiger charge is 1.99. The first-order chi connectivity index (χ1) is 7.24. The van der Waals surface area contributed by atoms with Crippen LogP contribution in [0.15, 0.2) is 36.5 Å². The van der Waals surface area contributed by atoms with Crippen molar-refractivity contribution in [3.05, 3.63) is 47.7 Å². The number of rotatable bonds is 2. The van der Waals surface area contributed by atoms with Crippen LogP contribution in [-0.2, 0) is 0 Å². The Labute approximate surface area is 88.7 Å². The number of hydrogen-bond acceptors (Lipinski definition) is 3. The van der Waals surface area contributed by atoms with Gasteiger partial charge in [-0.2, -0.15) is 5.10 Å². The van der Waals surface area contributed by atoms with Gasteiger partial charge in [-0.15, -0.1) is 5.10 Å². The molecule has 2 aromatic rings. The molecule has 0 aliphatic heterocycles. The smallest absolute Gasteiger partial charge is 0.238 e. The van der Waals surface area contributed by atoms with Crippen LogP contribution >= 0.6 is 0 Å². The van der Waals surface area contributed by atoms with Crippen LogP contribution in [-0.4, -0.2) is 10.2 Å². The Kier molecular flexibility index (Phi) is 2.63. The fraction of sp³-hybridized carbons (Fsp3) is 0.167. The van der Waals surface area contributed by atoms with Gasteiger partial charge in [0.25, 0.3) is 0 Å². The molecule has 0 aliphatic carbocycles. The van der Waals surface area contributed by atoms with Crippen molar-refractivity contribution in [3.63, 3.8) is 0 Å². The van der Waals surface area contributed by atoms with Crippen LogP contribution in [0.25, 0.3) is 0 Å². The summed E-state index contributed by atoms with van der Waals surface area (Å²) in [5.74, 6) is 1.32. The van der Waals surface area contributed by atoms with E-state index in [4.69, 9.17) is 4.74 Å². The molecule has 3 nitrogen and oxygen atoms in total. The Hall–Kier alpha value is -1.90. The highest BCUT2D eigenvalue weighted by molar-refractivity contribution is 5.35. The molecule has 0 aliphatic rings. The number of benzene rings is 1. The molecular formula is C12H12N2O. The summed E-state index contributed by atoms with van der Waals surface area (Å²) < 4.78 is 5.57. The quantitative estimate of drug-likeness (QED) is 0.747. The summed E-state index contributed by atoms with van der Waals surface area (Å²) in [6.45, 7) is 4.08. The SMILES string of the molecule is Cc1cc(C)cc(Oc2cccnn2)c1. The van der Waals surface area contributed by atoms with Gasteiger partial charge in [-0.3, -0.25) is 0 Å². The zero-order chi connectivity index (χ0) is 10.7. The van der Waals surface area contributed by atoms with E-state index in [1.165, 1.54) is 11.1 Å². The lowest BCUT2D eigenvalue weighted by Crippen LogP contribution is -1.90. The first-order valence-corrected chi connectivity index (χ1v) is 4.78. The molecule has 0 radical (unpaired) electrons. The van der Waals surface area contributed by atoms with E-state index < -0.39 is 0 Å². The maximum Gasteiger partial charge on any atom is 0.238 e. The summed E-state index contributed by atoms with van der Waals surface area (Å²) in [7, 11) is 0. The number of aryl methyl sites for hydroxylation is 2. The summed E-state index contributed by atoms with van der Waals surface area (Å²) in [5.41, 5.74) is 2.35. The van der Waals surface area contributed by atoms with Crippen molar-refractivity contribution < 1.29 is 4.74 Å². The van der Waals surface area contributed by atoms with E-state index in [1.54, 1.807) is 18.3 Å². The minimum Gasteiger partial charge on any atom is -0.438 e. The Balaban J connectivity index is 2.25. The van der Waals surface area contributed by atoms with Crippen LogP contribution < -0.4 is 4.74 Å². The highest BCUT2D eigenvalue weighted by Crippen LogP contribution is 2.21. The fourth-order valence-corrected chi connectivity index (χ4v) is 1.45. The van der Waals surface area contributed by atoms with E-state index in [9.17, 15) is 0 Å². The molecule has 1 aromatic carbocycles. The van der Waals surface area contributed by atoms with Crippen LogP contribution in [0.3, 0.4) is 0 Å². The van der Waals surface area contributed by atoms with Gasteiger partial charge in [0.2, 0.25) is 5.88 Å². The topological polar surface area (TPSA) is 35.0 Å². The molecule has 3 heteroatoms. The summed E-state index contributed by atoms with van der Waals surface area (Å²) in [4.78, 5) is 0. The normalized spacial score (nSPS) is 10.0. The fourth-order valence-electron chi connectivity index (χ4n) is 1.45. The third-order valence-corrected chi connectivity index (χ3v) is 1.97. The predicted molar refractivity (Wildman–Crippen MR) is 58.0 cm³/mol. The van der Waals surface area contributed by atoms with Crippen LogP contribution in [0.5, 0.6) is 11.6 Å². The lowest BCUT2D eigenvalue weighted by Gasteiger charge is -2.05. The van der Waals surface area contributed by atoms with Crippen molar-refractivity contribution in [3.8, 4) is 11.6 Å². The molecule has 0 saturated carbocycles. The second kappa shape index (κ2) is 4.09. The molecular weight excluding hydrogens is 188 g/mol. The van der Waals surface area contributed by atoms with Gasteiger partial charge in [0, 0.05) is 12.3 Å². The van der Waals surface area contributed by atoms with Gasteiger partial charge in [0.1, 0.15) is 5.75 Å². The minimum absolute atomic E-state index is 0.516. The van der Waals surface area contributed by atoms with E-state index in [0.717, 1.165) is 5.75 Å². The molecule has 15 heavy (non-hydrogen) atoms. The van der Waals surface area contributed by atoms with E-state index in [1.807, 2.05) is 26.0 Å². The second-order valence-electron chi connectivity index (χ2n) is 3.49. The zero-order valence-corrected chi connectivity index (χ0v) is 8.77. The van der Waals surface area contributed by atoms with Crippen LogP contribution in [0.1, 0.15) is 11.1 Å². The third-order valence-electron chi connectivity index (χ3n) is 1.97. The van der Waals surface area contributed by atoms with E-state index in [-0.39, 0.29) is 0 Å². The lowest BCUT2D eigenvalue weighted by molar-refractivity contribution is 0.454. The number of hydrogen-bond donors (Lipinski definition) is 0. The van der Waals surface area contributed by atoms with Crippen LogP contribution in [0.4, 0.5) is 0 Å². The van der Waals surface area contributed by atoms with Gasteiger partial charge in [0.05, 0.1) is 0 Å². The summed E-state index contributed by atoms with van der Waals surface area (Å²) in [6, 6.07) is 9.63. The van der Waals surface area contributed by atoms with Crippen LogP contribution in [0, 0.1) is 13.8 Å². The van der Waals surface area contributed by atoms with E-state index in [0.29, 0.717) is 5.88 Å². The van der Waals surface area contributed by atoms with Crippen molar-refractivity contribution in [1.82, 2.24) is 10.2 Å². The lowest BCUT2D eigenvalue weighted by atomic mass is 10.1. The van der Waals surface area contributed by atoms with Gasteiger partial charge >= 0.3 is 0 Å². The van der Waals surface area contributed by atoms with Crippen molar-refractivity contribution in [2.24, 2.45) is 0 Å². The molecule has 0 bridgehead atoms. The Bertz CT molecular complexity index is 434.